The number of nitrogens with zero attached hydrogens (tertiary/aromatic N) is 1. The van der Waals surface area contributed by atoms with E-state index in [4.69, 9.17) is 5.73 Å². The van der Waals surface area contributed by atoms with E-state index < -0.39 is 0 Å². The Morgan fingerprint density at radius 2 is 1.67 bits per heavy atom. The van der Waals surface area contributed by atoms with E-state index in [2.05, 4.69) is 49.3 Å². The topological polar surface area (TPSA) is 29.3 Å². The fraction of sp³-hybridized carbons (Fsp3) is 0.684. The molecule has 1 aliphatic rings. The Bertz CT molecular complexity index is 391. The smallest absolute Gasteiger partial charge is 0.0354 e. The second-order valence-corrected chi connectivity index (χ2v) is 6.90. The Hall–Kier alpha value is -0.860. The largest absolute Gasteiger partial charge is 0.326 e. The number of rotatable bonds is 6. The van der Waals surface area contributed by atoms with Crippen molar-refractivity contribution < 1.29 is 0 Å². The number of likely N-dealkylation sites (N-methyl/N-ethyl adjacent to an activating group) is 1. The maximum absolute atomic E-state index is 6.68. The number of nitrogens with two attached hydrogens (primary N) is 1. The minimum absolute atomic E-state index is 0.229. The second kappa shape index (κ2) is 7.95. The molecular formula is C19H32N2. The van der Waals surface area contributed by atoms with E-state index >= 15 is 0 Å². The van der Waals surface area contributed by atoms with Gasteiger partial charge in [0, 0.05) is 11.6 Å². The van der Waals surface area contributed by atoms with Crippen LogP contribution in [-0.4, -0.2) is 30.6 Å². The molecule has 1 aromatic carbocycles. The molecule has 1 saturated carbocycles. The van der Waals surface area contributed by atoms with Crippen LogP contribution >= 0.6 is 0 Å². The minimum atomic E-state index is 0.229. The SMILES string of the molecule is CN(C)C1(C(N)CCCc2ccccc2)CCCCCC1. The third-order valence-corrected chi connectivity index (χ3v) is 5.37. The molecule has 0 bridgehead atoms. The molecule has 0 amide bonds. The highest BCUT2D eigenvalue weighted by Gasteiger charge is 2.38. The molecule has 0 spiro atoms. The molecule has 1 atom stereocenters. The van der Waals surface area contributed by atoms with Crippen LogP contribution in [0.5, 0.6) is 0 Å². The van der Waals surface area contributed by atoms with Crippen molar-refractivity contribution in [2.24, 2.45) is 5.73 Å². The van der Waals surface area contributed by atoms with Crippen LogP contribution in [-0.2, 0) is 6.42 Å². The summed E-state index contributed by atoms with van der Waals surface area (Å²) in [4.78, 5) is 2.42. The van der Waals surface area contributed by atoms with Gasteiger partial charge in [0.1, 0.15) is 0 Å². The van der Waals surface area contributed by atoms with Crippen molar-refractivity contribution in [3.63, 3.8) is 0 Å². The van der Waals surface area contributed by atoms with Gasteiger partial charge >= 0.3 is 0 Å². The summed E-state index contributed by atoms with van der Waals surface area (Å²) in [6.45, 7) is 0. The van der Waals surface area contributed by atoms with Gasteiger partial charge in [-0.1, -0.05) is 56.0 Å². The molecule has 0 aliphatic heterocycles. The van der Waals surface area contributed by atoms with Gasteiger partial charge in [0.15, 0.2) is 0 Å². The predicted molar refractivity (Wildman–Crippen MR) is 91.5 cm³/mol. The normalized spacial score (nSPS) is 20.2. The lowest BCUT2D eigenvalue weighted by atomic mass is 9.79. The monoisotopic (exact) mass is 288 g/mol. The van der Waals surface area contributed by atoms with Gasteiger partial charge in [0.25, 0.3) is 0 Å². The summed E-state index contributed by atoms with van der Waals surface area (Å²) in [5.74, 6) is 0. The molecule has 0 aromatic heterocycles. The minimum Gasteiger partial charge on any atom is -0.326 e. The molecule has 1 fully saturated rings. The highest BCUT2D eigenvalue weighted by molar-refractivity contribution is 5.14. The van der Waals surface area contributed by atoms with E-state index in [1.54, 1.807) is 0 Å². The molecular weight excluding hydrogens is 256 g/mol. The third kappa shape index (κ3) is 4.31. The quantitative estimate of drug-likeness (QED) is 0.802. The van der Waals surface area contributed by atoms with Gasteiger partial charge in [0.05, 0.1) is 0 Å². The molecule has 0 radical (unpaired) electrons. The second-order valence-electron chi connectivity index (χ2n) is 6.90. The Morgan fingerprint density at radius 1 is 1.05 bits per heavy atom. The summed E-state index contributed by atoms with van der Waals surface area (Å²) < 4.78 is 0. The van der Waals surface area contributed by atoms with Crippen LogP contribution in [0.15, 0.2) is 30.3 Å². The summed E-state index contributed by atoms with van der Waals surface area (Å²) in [5, 5.41) is 0. The van der Waals surface area contributed by atoms with Gasteiger partial charge in [-0.25, -0.2) is 0 Å². The van der Waals surface area contributed by atoms with Crippen LogP contribution in [0.3, 0.4) is 0 Å². The third-order valence-electron chi connectivity index (χ3n) is 5.37. The molecule has 21 heavy (non-hydrogen) atoms. The van der Waals surface area contributed by atoms with Gasteiger partial charge in [-0.15, -0.1) is 0 Å². The number of benzene rings is 1. The van der Waals surface area contributed by atoms with E-state index in [9.17, 15) is 0 Å². The molecule has 118 valence electrons. The number of hydrogen-bond acceptors (Lipinski definition) is 2. The average molecular weight is 288 g/mol. The molecule has 0 saturated heterocycles. The van der Waals surface area contributed by atoms with Crippen molar-refractivity contribution in [3.8, 4) is 0 Å². The Labute approximate surface area is 130 Å². The zero-order valence-electron chi connectivity index (χ0n) is 13.9. The summed E-state index contributed by atoms with van der Waals surface area (Å²) in [6, 6.07) is 11.1. The van der Waals surface area contributed by atoms with Crippen molar-refractivity contribution in [3.05, 3.63) is 35.9 Å². The van der Waals surface area contributed by atoms with Gasteiger partial charge in [-0.3, -0.25) is 0 Å². The zero-order valence-corrected chi connectivity index (χ0v) is 13.9. The summed E-state index contributed by atoms with van der Waals surface area (Å²) in [5.41, 5.74) is 8.34. The molecule has 2 nitrogen and oxygen atoms in total. The Kier molecular flexibility index (Phi) is 6.25. The van der Waals surface area contributed by atoms with Gasteiger partial charge in [-0.05, 0) is 51.8 Å². The molecule has 2 N–H and O–H groups in total. The van der Waals surface area contributed by atoms with Crippen LogP contribution in [0.25, 0.3) is 0 Å². The summed E-state index contributed by atoms with van der Waals surface area (Å²) in [7, 11) is 4.45. The number of aryl methyl sites for hydroxylation is 1. The maximum Gasteiger partial charge on any atom is 0.0354 e. The molecule has 2 rings (SSSR count). The summed E-state index contributed by atoms with van der Waals surface area (Å²) in [6.07, 6.45) is 11.5. The van der Waals surface area contributed by atoms with Gasteiger partial charge in [0.2, 0.25) is 0 Å². The van der Waals surface area contributed by atoms with Crippen molar-refractivity contribution in [2.45, 2.75) is 69.4 Å². The van der Waals surface area contributed by atoms with Crippen molar-refractivity contribution in [1.29, 1.82) is 0 Å². The predicted octanol–water partition coefficient (Wildman–Crippen LogP) is 3.99. The van der Waals surface area contributed by atoms with Crippen molar-refractivity contribution in [1.82, 2.24) is 4.90 Å². The Balaban J connectivity index is 1.91. The molecule has 0 heterocycles. The van der Waals surface area contributed by atoms with E-state index in [-0.39, 0.29) is 5.54 Å². The van der Waals surface area contributed by atoms with Crippen molar-refractivity contribution >= 4 is 0 Å². The van der Waals surface area contributed by atoms with Crippen LogP contribution < -0.4 is 5.73 Å². The maximum atomic E-state index is 6.68. The number of hydrogen-bond donors (Lipinski definition) is 1. The lowest BCUT2D eigenvalue weighted by molar-refractivity contribution is 0.0924. The highest BCUT2D eigenvalue weighted by atomic mass is 15.2. The molecule has 1 unspecified atom stereocenters. The average Bonchev–Trinajstić information content (AvgIpc) is 2.75. The Morgan fingerprint density at radius 3 is 2.24 bits per heavy atom. The van der Waals surface area contributed by atoms with Crippen LogP contribution in [0.2, 0.25) is 0 Å². The lowest BCUT2D eigenvalue weighted by Crippen LogP contribution is -2.57. The van der Waals surface area contributed by atoms with Crippen LogP contribution in [0.4, 0.5) is 0 Å². The first-order valence-corrected chi connectivity index (χ1v) is 8.62. The molecule has 1 aromatic rings. The first-order valence-electron chi connectivity index (χ1n) is 8.62. The fourth-order valence-electron chi connectivity index (χ4n) is 3.93. The van der Waals surface area contributed by atoms with E-state index in [0.29, 0.717) is 6.04 Å². The van der Waals surface area contributed by atoms with E-state index in [1.807, 2.05) is 0 Å². The first-order chi connectivity index (χ1) is 10.1. The molecule has 1 aliphatic carbocycles. The summed E-state index contributed by atoms with van der Waals surface area (Å²) >= 11 is 0. The first kappa shape index (κ1) is 16.5. The molecule has 2 heteroatoms. The lowest BCUT2D eigenvalue weighted by Gasteiger charge is -2.44. The van der Waals surface area contributed by atoms with Crippen LogP contribution in [0, 0.1) is 0 Å². The fourth-order valence-corrected chi connectivity index (χ4v) is 3.93. The standard InChI is InChI=1S/C19H32N2/c1-21(2)19(15-8-3-4-9-16-19)18(20)14-10-13-17-11-6-5-7-12-17/h5-7,11-12,18H,3-4,8-10,13-16,20H2,1-2H3. The highest BCUT2D eigenvalue weighted by Crippen LogP contribution is 2.34. The van der Waals surface area contributed by atoms with Gasteiger partial charge < -0.3 is 10.6 Å². The van der Waals surface area contributed by atoms with E-state index in [0.717, 1.165) is 12.8 Å². The van der Waals surface area contributed by atoms with E-state index in [1.165, 1.54) is 50.5 Å². The van der Waals surface area contributed by atoms with Gasteiger partial charge in [-0.2, -0.15) is 0 Å². The van der Waals surface area contributed by atoms with Crippen molar-refractivity contribution in [2.75, 3.05) is 14.1 Å². The zero-order chi connectivity index (χ0) is 15.1. The van der Waals surface area contributed by atoms with Crippen LogP contribution in [0.1, 0.15) is 56.9 Å².